The molecule has 0 saturated heterocycles. The fourth-order valence-electron chi connectivity index (χ4n) is 2.82. The van der Waals surface area contributed by atoms with Crippen molar-refractivity contribution >= 4 is 44.8 Å². The highest BCUT2D eigenvalue weighted by Crippen LogP contribution is 2.23. The van der Waals surface area contributed by atoms with Crippen molar-refractivity contribution in [1.82, 2.24) is 9.55 Å². The molecule has 162 valence electrons. The second-order valence-corrected chi connectivity index (χ2v) is 7.66. The molecule has 1 aromatic carbocycles. The molecule has 0 radical (unpaired) electrons. The molecule has 1 N–H and O–H groups in total. The van der Waals surface area contributed by atoms with Gasteiger partial charge in [0.1, 0.15) is 11.4 Å². The Balaban J connectivity index is 1.83. The van der Waals surface area contributed by atoms with Gasteiger partial charge in [-0.1, -0.05) is 19.4 Å². The Bertz CT molecular complexity index is 1220. The van der Waals surface area contributed by atoms with Gasteiger partial charge < -0.3 is 10.1 Å². The van der Waals surface area contributed by atoms with E-state index in [0.29, 0.717) is 16.8 Å². The van der Waals surface area contributed by atoms with Crippen molar-refractivity contribution in [2.24, 2.45) is 0 Å². The minimum absolute atomic E-state index is 0.105. The van der Waals surface area contributed by atoms with Crippen LogP contribution in [0.2, 0.25) is 0 Å². The van der Waals surface area contributed by atoms with Crippen LogP contribution in [0.3, 0.4) is 0 Å². The molecular formula is C20H20N4O6S. The van der Waals surface area contributed by atoms with Gasteiger partial charge in [-0.05, 0) is 18.9 Å². The predicted molar refractivity (Wildman–Crippen MR) is 116 cm³/mol. The van der Waals surface area contributed by atoms with Gasteiger partial charge in [0, 0.05) is 17.5 Å². The summed E-state index contributed by atoms with van der Waals surface area (Å²) in [6.07, 6.45) is 2.81. The molecule has 0 saturated carbocycles. The molecule has 0 aliphatic rings. The third-order valence-electron chi connectivity index (χ3n) is 4.53. The third kappa shape index (κ3) is 4.94. The summed E-state index contributed by atoms with van der Waals surface area (Å²) in [5.74, 6) is -1.16. The minimum Gasteiger partial charge on any atom is -0.462 e. The fraction of sp³-hybridized carbons (Fsp3) is 0.300. The number of nitro groups is 1. The molecule has 0 aliphatic heterocycles. The number of carbonyl (C=O) groups is 2. The second kappa shape index (κ2) is 9.47. The molecule has 2 heterocycles. The number of nitrogens with zero attached hydrogens (tertiary/aromatic N) is 3. The van der Waals surface area contributed by atoms with Gasteiger partial charge in [-0.15, -0.1) is 11.3 Å². The number of ether oxygens (including phenoxy) is 1. The average Bonchev–Trinajstić information content (AvgIpc) is 3.16. The van der Waals surface area contributed by atoms with Gasteiger partial charge in [-0.25, -0.2) is 9.78 Å². The quantitative estimate of drug-likeness (QED) is 0.244. The van der Waals surface area contributed by atoms with Crippen LogP contribution in [0.15, 0.2) is 34.7 Å². The zero-order chi connectivity index (χ0) is 22.5. The second-order valence-electron chi connectivity index (χ2n) is 6.80. The van der Waals surface area contributed by atoms with E-state index in [0.717, 1.165) is 22.3 Å². The molecule has 0 spiro atoms. The van der Waals surface area contributed by atoms with Crippen molar-refractivity contribution in [2.75, 3.05) is 11.9 Å². The molecule has 0 bridgehead atoms. The molecule has 0 atom stereocenters. The van der Waals surface area contributed by atoms with Crippen LogP contribution < -0.4 is 10.9 Å². The number of thiophene rings is 1. The summed E-state index contributed by atoms with van der Waals surface area (Å²) in [5, 5.41) is 15.2. The Labute approximate surface area is 180 Å². The van der Waals surface area contributed by atoms with E-state index in [-0.39, 0.29) is 35.5 Å². The smallest absolute Gasteiger partial charge is 0.339 e. The number of hydrogen-bond acceptors (Lipinski definition) is 8. The van der Waals surface area contributed by atoms with E-state index in [1.165, 1.54) is 29.9 Å². The minimum atomic E-state index is -0.604. The van der Waals surface area contributed by atoms with Crippen molar-refractivity contribution in [1.29, 1.82) is 0 Å². The van der Waals surface area contributed by atoms with Gasteiger partial charge in [-0.2, -0.15) is 0 Å². The maximum absolute atomic E-state index is 12.9. The largest absolute Gasteiger partial charge is 0.462 e. The van der Waals surface area contributed by atoms with E-state index in [1.807, 2.05) is 6.92 Å². The number of unbranched alkanes of at least 4 members (excludes halogenated alkanes) is 1. The number of nitro benzene ring substituents is 1. The maximum atomic E-state index is 12.9. The monoisotopic (exact) mass is 444 g/mol. The Hall–Kier alpha value is -3.60. The van der Waals surface area contributed by atoms with E-state index in [1.54, 1.807) is 6.92 Å². The first-order chi connectivity index (χ1) is 14.8. The zero-order valence-corrected chi connectivity index (χ0v) is 17.7. The number of esters is 1. The van der Waals surface area contributed by atoms with Crippen LogP contribution in [0, 0.1) is 17.0 Å². The van der Waals surface area contributed by atoms with Crippen LogP contribution in [-0.4, -0.2) is 33.0 Å². The standard InChI is InChI=1S/C20H20N4O6S/c1-3-4-7-30-20(27)14-10-31-18-17(14)19(26)23(11-21-18)9-16(25)22-15-8-13(24(28)29)6-5-12(15)2/h5-6,8,10-11H,3-4,7,9H2,1-2H3,(H,22,25). The first kappa shape index (κ1) is 22.1. The SMILES string of the molecule is CCCCOC(=O)c1csc2ncn(CC(=O)Nc3cc([N+](=O)[O-])ccc3C)c(=O)c12. The highest BCUT2D eigenvalue weighted by atomic mass is 32.1. The lowest BCUT2D eigenvalue weighted by molar-refractivity contribution is -0.384. The first-order valence-corrected chi connectivity index (χ1v) is 10.4. The molecule has 3 aromatic rings. The van der Waals surface area contributed by atoms with Gasteiger partial charge in [-0.3, -0.25) is 24.3 Å². The van der Waals surface area contributed by atoms with Crippen LogP contribution in [0.25, 0.3) is 10.2 Å². The van der Waals surface area contributed by atoms with Crippen molar-refractivity contribution in [3.63, 3.8) is 0 Å². The zero-order valence-electron chi connectivity index (χ0n) is 16.9. The molecule has 2 aromatic heterocycles. The van der Waals surface area contributed by atoms with Crippen LogP contribution in [0.4, 0.5) is 11.4 Å². The number of benzene rings is 1. The molecule has 0 unspecified atom stereocenters. The topological polar surface area (TPSA) is 133 Å². The number of fused-ring (bicyclic) bond motifs is 1. The van der Waals surface area contributed by atoms with E-state index in [4.69, 9.17) is 4.74 Å². The van der Waals surface area contributed by atoms with Crippen LogP contribution in [-0.2, 0) is 16.1 Å². The van der Waals surface area contributed by atoms with Crippen molar-refractivity contribution in [3.05, 3.63) is 61.5 Å². The summed E-state index contributed by atoms with van der Waals surface area (Å²) in [6.45, 7) is 3.55. The number of rotatable bonds is 8. The summed E-state index contributed by atoms with van der Waals surface area (Å²) in [4.78, 5) is 52.6. The summed E-state index contributed by atoms with van der Waals surface area (Å²) in [5.41, 5.74) is 0.329. The number of hydrogen-bond donors (Lipinski definition) is 1. The lowest BCUT2D eigenvalue weighted by Gasteiger charge is -2.10. The summed E-state index contributed by atoms with van der Waals surface area (Å²) in [6, 6.07) is 4.11. The van der Waals surface area contributed by atoms with Crippen molar-refractivity contribution in [2.45, 2.75) is 33.2 Å². The van der Waals surface area contributed by atoms with Crippen molar-refractivity contribution in [3.8, 4) is 0 Å². The molecule has 11 heteroatoms. The van der Waals surface area contributed by atoms with Gasteiger partial charge in [0.2, 0.25) is 5.91 Å². The molecule has 10 nitrogen and oxygen atoms in total. The normalized spacial score (nSPS) is 10.8. The van der Waals surface area contributed by atoms with Crippen molar-refractivity contribution < 1.29 is 19.2 Å². The summed E-state index contributed by atoms with van der Waals surface area (Å²) < 4.78 is 6.27. The number of anilines is 1. The highest BCUT2D eigenvalue weighted by molar-refractivity contribution is 7.17. The number of aromatic nitrogens is 2. The molecule has 31 heavy (non-hydrogen) atoms. The lowest BCUT2D eigenvalue weighted by Crippen LogP contribution is -2.28. The number of amides is 1. The third-order valence-corrected chi connectivity index (χ3v) is 5.42. The Kier molecular flexibility index (Phi) is 6.75. The Morgan fingerprint density at radius 2 is 2.13 bits per heavy atom. The molecule has 1 amide bonds. The number of non-ortho nitro benzene ring substituents is 1. The van der Waals surface area contributed by atoms with E-state index in [2.05, 4.69) is 10.3 Å². The van der Waals surface area contributed by atoms with E-state index in [9.17, 15) is 24.5 Å². The number of nitrogens with one attached hydrogen (secondary N) is 1. The van der Waals surface area contributed by atoms with Gasteiger partial charge >= 0.3 is 5.97 Å². The summed E-state index contributed by atoms with van der Waals surface area (Å²) in [7, 11) is 0. The molecule has 0 fully saturated rings. The fourth-order valence-corrected chi connectivity index (χ4v) is 3.69. The van der Waals surface area contributed by atoms with Crippen LogP contribution in [0.5, 0.6) is 0 Å². The number of carbonyl (C=O) groups excluding carboxylic acids is 2. The van der Waals surface area contributed by atoms with Gasteiger partial charge in [0.05, 0.1) is 34.5 Å². The maximum Gasteiger partial charge on any atom is 0.339 e. The van der Waals surface area contributed by atoms with E-state index >= 15 is 0 Å². The van der Waals surface area contributed by atoms with E-state index < -0.39 is 22.4 Å². The molecule has 0 aliphatic carbocycles. The predicted octanol–water partition coefficient (Wildman–Crippen LogP) is 3.27. The highest BCUT2D eigenvalue weighted by Gasteiger charge is 2.19. The molecule has 3 rings (SSSR count). The van der Waals surface area contributed by atoms with Crippen LogP contribution >= 0.6 is 11.3 Å². The van der Waals surface area contributed by atoms with Gasteiger partial charge in [0.15, 0.2) is 0 Å². The average molecular weight is 444 g/mol. The van der Waals surface area contributed by atoms with Gasteiger partial charge in [0.25, 0.3) is 11.2 Å². The Morgan fingerprint density at radius 3 is 2.84 bits per heavy atom. The number of aryl methyl sites for hydroxylation is 1. The lowest BCUT2D eigenvalue weighted by atomic mass is 10.2. The Morgan fingerprint density at radius 1 is 1.35 bits per heavy atom. The molecular weight excluding hydrogens is 424 g/mol. The summed E-state index contributed by atoms with van der Waals surface area (Å²) >= 11 is 1.14. The first-order valence-electron chi connectivity index (χ1n) is 9.50. The van der Waals surface area contributed by atoms with Crippen LogP contribution in [0.1, 0.15) is 35.7 Å².